The largest absolute Gasteiger partial charge is 0.459 e. The Morgan fingerprint density at radius 2 is 1.91 bits per heavy atom. The molecule has 33 heavy (non-hydrogen) atoms. The average molecular weight is 463 g/mol. The highest BCUT2D eigenvalue weighted by Gasteiger charge is 2.32. The summed E-state index contributed by atoms with van der Waals surface area (Å²) in [6.07, 6.45) is 2.21. The first-order chi connectivity index (χ1) is 15.8. The first-order valence-corrected chi connectivity index (χ1v) is 12.0. The van der Waals surface area contributed by atoms with Gasteiger partial charge in [0.1, 0.15) is 5.69 Å². The van der Waals surface area contributed by atoms with Gasteiger partial charge >= 0.3 is 5.97 Å². The number of nitrogens with zero attached hydrogens (tertiary/aromatic N) is 2. The van der Waals surface area contributed by atoms with Gasteiger partial charge in [0.15, 0.2) is 0 Å². The molecule has 2 amide bonds. The number of H-pyrrole nitrogens is 1. The summed E-state index contributed by atoms with van der Waals surface area (Å²) in [6, 6.07) is 0. The molecule has 1 atom stereocenters. The predicted octanol–water partition coefficient (Wildman–Crippen LogP) is 1.89. The molecule has 0 saturated carbocycles. The molecule has 1 unspecified atom stereocenters. The van der Waals surface area contributed by atoms with Crippen LogP contribution >= 0.6 is 0 Å². The van der Waals surface area contributed by atoms with Gasteiger partial charge in [-0.2, -0.15) is 0 Å². The standard InChI is InChI=1S/C24H38N4O5/c1-16(2)33-24(31)20-17(3)21(26-18(20)4)23(30)28-10-5-7-19(15-28)22(29)25-8-6-9-27-11-13-32-14-12-27/h16,19,26H,5-15H2,1-4H3,(H,25,29). The summed E-state index contributed by atoms with van der Waals surface area (Å²) in [5.41, 5.74) is 2.03. The molecule has 2 saturated heterocycles. The monoisotopic (exact) mass is 462 g/mol. The number of carbonyl (C=O) groups excluding carboxylic acids is 3. The molecule has 0 spiro atoms. The number of rotatable bonds is 8. The highest BCUT2D eigenvalue weighted by Crippen LogP contribution is 2.24. The van der Waals surface area contributed by atoms with Crippen LogP contribution < -0.4 is 5.32 Å². The molecule has 1 aromatic rings. The van der Waals surface area contributed by atoms with Crippen molar-refractivity contribution in [2.75, 3.05) is 52.5 Å². The maximum Gasteiger partial charge on any atom is 0.340 e. The first-order valence-electron chi connectivity index (χ1n) is 12.0. The van der Waals surface area contributed by atoms with E-state index in [2.05, 4.69) is 15.2 Å². The van der Waals surface area contributed by atoms with Crippen LogP contribution in [0.4, 0.5) is 0 Å². The minimum atomic E-state index is -0.428. The molecule has 2 fully saturated rings. The fraction of sp³-hybridized carbons (Fsp3) is 0.708. The first kappa shape index (κ1) is 25.2. The molecular formula is C24H38N4O5. The van der Waals surface area contributed by atoms with Gasteiger partial charge in [-0.3, -0.25) is 14.5 Å². The second-order valence-corrected chi connectivity index (χ2v) is 9.27. The predicted molar refractivity (Wildman–Crippen MR) is 124 cm³/mol. The Kier molecular flexibility index (Phi) is 8.91. The fourth-order valence-corrected chi connectivity index (χ4v) is 4.56. The lowest BCUT2D eigenvalue weighted by Crippen LogP contribution is -2.46. The summed E-state index contributed by atoms with van der Waals surface area (Å²) in [4.78, 5) is 45.5. The Balaban J connectivity index is 1.53. The molecule has 0 radical (unpaired) electrons. The second kappa shape index (κ2) is 11.7. The number of hydrogen-bond donors (Lipinski definition) is 2. The number of aryl methyl sites for hydroxylation is 1. The number of nitrogens with one attached hydrogen (secondary N) is 2. The molecule has 3 heterocycles. The molecule has 2 N–H and O–H groups in total. The minimum absolute atomic E-state index is 0.00932. The number of morpholine rings is 1. The molecule has 184 valence electrons. The fourth-order valence-electron chi connectivity index (χ4n) is 4.56. The molecule has 3 rings (SSSR count). The van der Waals surface area contributed by atoms with Gasteiger partial charge in [-0.25, -0.2) is 4.79 Å². The van der Waals surface area contributed by atoms with E-state index in [9.17, 15) is 14.4 Å². The number of carbonyl (C=O) groups is 3. The number of aromatic amines is 1. The van der Waals surface area contributed by atoms with Crippen molar-refractivity contribution in [1.82, 2.24) is 20.1 Å². The lowest BCUT2D eigenvalue weighted by molar-refractivity contribution is -0.126. The molecule has 9 heteroatoms. The van der Waals surface area contributed by atoms with E-state index in [-0.39, 0.29) is 23.8 Å². The van der Waals surface area contributed by atoms with Crippen LogP contribution in [-0.4, -0.2) is 91.2 Å². The van der Waals surface area contributed by atoms with Crippen LogP contribution in [0.5, 0.6) is 0 Å². The van der Waals surface area contributed by atoms with Crippen LogP contribution in [-0.2, 0) is 14.3 Å². The second-order valence-electron chi connectivity index (χ2n) is 9.27. The van der Waals surface area contributed by atoms with Crippen LogP contribution in [0.3, 0.4) is 0 Å². The van der Waals surface area contributed by atoms with Crippen LogP contribution in [0, 0.1) is 19.8 Å². The van der Waals surface area contributed by atoms with Crippen molar-refractivity contribution in [2.24, 2.45) is 5.92 Å². The van der Waals surface area contributed by atoms with Crippen molar-refractivity contribution >= 4 is 17.8 Å². The van der Waals surface area contributed by atoms with E-state index in [0.29, 0.717) is 42.1 Å². The summed E-state index contributed by atoms with van der Waals surface area (Å²) in [7, 11) is 0. The Morgan fingerprint density at radius 1 is 1.18 bits per heavy atom. The third-order valence-electron chi connectivity index (χ3n) is 6.33. The SMILES string of the molecule is Cc1[nH]c(C(=O)N2CCCC(C(=O)NCCCN3CCOCC3)C2)c(C)c1C(=O)OC(C)C. The zero-order valence-electron chi connectivity index (χ0n) is 20.4. The van der Waals surface area contributed by atoms with Gasteiger partial charge in [-0.15, -0.1) is 0 Å². The Bertz CT molecular complexity index is 844. The Morgan fingerprint density at radius 3 is 2.61 bits per heavy atom. The number of likely N-dealkylation sites (tertiary alicyclic amines) is 1. The van der Waals surface area contributed by atoms with Crippen molar-refractivity contribution in [3.8, 4) is 0 Å². The highest BCUT2D eigenvalue weighted by atomic mass is 16.5. The van der Waals surface area contributed by atoms with Gasteiger partial charge in [-0.1, -0.05) is 0 Å². The third kappa shape index (κ3) is 6.57. The molecule has 2 aliphatic heterocycles. The summed E-state index contributed by atoms with van der Waals surface area (Å²) in [6.45, 7) is 13.1. The molecule has 0 bridgehead atoms. The van der Waals surface area contributed by atoms with E-state index in [4.69, 9.17) is 9.47 Å². The van der Waals surface area contributed by atoms with Crippen molar-refractivity contribution in [3.05, 3.63) is 22.5 Å². The summed E-state index contributed by atoms with van der Waals surface area (Å²) in [5, 5.41) is 3.05. The maximum atomic E-state index is 13.2. The smallest absolute Gasteiger partial charge is 0.340 e. The van der Waals surface area contributed by atoms with Gasteiger partial charge in [0.05, 0.1) is 30.8 Å². The van der Waals surface area contributed by atoms with Crippen LogP contribution in [0.25, 0.3) is 0 Å². The summed E-state index contributed by atoms with van der Waals surface area (Å²) in [5.74, 6) is -0.810. The Hall–Kier alpha value is -2.39. The molecular weight excluding hydrogens is 424 g/mol. The molecule has 0 aliphatic carbocycles. The van der Waals surface area contributed by atoms with Crippen molar-refractivity contribution in [1.29, 1.82) is 0 Å². The van der Waals surface area contributed by atoms with Gasteiger partial charge in [0.25, 0.3) is 5.91 Å². The third-order valence-corrected chi connectivity index (χ3v) is 6.33. The van der Waals surface area contributed by atoms with E-state index in [0.717, 1.165) is 52.1 Å². The van der Waals surface area contributed by atoms with Gasteiger partial charge in [-0.05, 0) is 59.1 Å². The number of ether oxygens (including phenoxy) is 2. The average Bonchev–Trinajstić information content (AvgIpc) is 3.10. The van der Waals surface area contributed by atoms with E-state index >= 15 is 0 Å². The topological polar surface area (TPSA) is 104 Å². The maximum absolute atomic E-state index is 13.2. The molecule has 2 aliphatic rings. The van der Waals surface area contributed by atoms with E-state index in [1.165, 1.54) is 0 Å². The van der Waals surface area contributed by atoms with Crippen LogP contribution in [0.1, 0.15) is 65.2 Å². The zero-order valence-corrected chi connectivity index (χ0v) is 20.4. The van der Waals surface area contributed by atoms with Crippen LogP contribution in [0.15, 0.2) is 0 Å². The number of aromatic nitrogens is 1. The normalized spacial score (nSPS) is 19.5. The van der Waals surface area contributed by atoms with Crippen molar-refractivity contribution < 1.29 is 23.9 Å². The number of esters is 1. The number of piperidine rings is 1. The highest BCUT2D eigenvalue weighted by molar-refractivity contribution is 6.00. The summed E-state index contributed by atoms with van der Waals surface area (Å²) < 4.78 is 10.7. The summed E-state index contributed by atoms with van der Waals surface area (Å²) >= 11 is 0. The van der Waals surface area contributed by atoms with Gasteiger partial charge in [0.2, 0.25) is 5.91 Å². The minimum Gasteiger partial charge on any atom is -0.459 e. The number of hydrogen-bond acceptors (Lipinski definition) is 6. The lowest BCUT2D eigenvalue weighted by Gasteiger charge is -2.32. The lowest BCUT2D eigenvalue weighted by atomic mass is 9.96. The molecule has 9 nitrogen and oxygen atoms in total. The number of amides is 2. The van der Waals surface area contributed by atoms with Crippen molar-refractivity contribution in [2.45, 2.75) is 53.1 Å². The van der Waals surface area contributed by atoms with Gasteiger partial charge < -0.3 is 24.7 Å². The van der Waals surface area contributed by atoms with Crippen molar-refractivity contribution in [3.63, 3.8) is 0 Å². The van der Waals surface area contributed by atoms with Crippen LogP contribution in [0.2, 0.25) is 0 Å². The van der Waals surface area contributed by atoms with Gasteiger partial charge in [0, 0.05) is 38.4 Å². The Labute approximate surface area is 196 Å². The molecule has 1 aromatic heterocycles. The van der Waals surface area contributed by atoms with E-state index < -0.39 is 5.97 Å². The quantitative estimate of drug-likeness (QED) is 0.452. The van der Waals surface area contributed by atoms with E-state index in [1.54, 1.807) is 32.6 Å². The van der Waals surface area contributed by atoms with E-state index in [1.807, 2.05) is 0 Å². The zero-order chi connectivity index (χ0) is 24.0. The molecule has 0 aromatic carbocycles.